The Morgan fingerprint density at radius 2 is 2.04 bits per heavy atom. The molecule has 5 nitrogen and oxygen atoms in total. The lowest BCUT2D eigenvalue weighted by Crippen LogP contribution is -2.35. The quantitative estimate of drug-likeness (QED) is 0.795. The predicted molar refractivity (Wildman–Crippen MR) is 86.2 cm³/mol. The number of hydrogen-bond acceptors (Lipinski definition) is 6. The van der Waals surface area contributed by atoms with E-state index in [1.54, 1.807) is 13.1 Å². The number of fused-ring (bicyclic) bond motifs is 1. The van der Waals surface area contributed by atoms with Gasteiger partial charge in [-0.25, -0.2) is 4.98 Å². The van der Waals surface area contributed by atoms with Crippen molar-refractivity contribution in [2.75, 3.05) is 30.8 Å². The Balaban J connectivity index is 1.93. The number of rotatable bonds is 4. The standard InChI is InChI=1S/C14H18F3N5S/c1-18-13-21-11(20-8-2-4-19-5-3-8)10-6-9(7-14(15,16)17)23-12(10)22-13/h6,8,19H,2-5,7H2,1H3,(H2,18,20,21,22). The van der Waals surface area contributed by atoms with Gasteiger partial charge < -0.3 is 16.0 Å². The summed E-state index contributed by atoms with van der Waals surface area (Å²) in [7, 11) is 1.69. The van der Waals surface area contributed by atoms with E-state index in [0.29, 0.717) is 22.0 Å². The van der Waals surface area contributed by atoms with Crippen molar-refractivity contribution in [3.8, 4) is 0 Å². The molecule has 1 fully saturated rings. The molecule has 1 aliphatic rings. The summed E-state index contributed by atoms with van der Waals surface area (Å²) >= 11 is 1.07. The van der Waals surface area contributed by atoms with Crippen LogP contribution in [0.5, 0.6) is 0 Å². The van der Waals surface area contributed by atoms with E-state index in [-0.39, 0.29) is 10.9 Å². The largest absolute Gasteiger partial charge is 0.393 e. The number of nitrogens with one attached hydrogen (secondary N) is 3. The highest BCUT2D eigenvalue weighted by molar-refractivity contribution is 7.18. The fourth-order valence-corrected chi connectivity index (χ4v) is 3.70. The van der Waals surface area contributed by atoms with Gasteiger partial charge in [-0.3, -0.25) is 0 Å². The zero-order valence-electron chi connectivity index (χ0n) is 12.6. The van der Waals surface area contributed by atoms with Crippen LogP contribution in [0.15, 0.2) is 6.07 Å². The van der Waals surface area contributed by atoms with E-state index in [9.17, 15) is 13.2 Å². The van der Waals surface area contributed by atoms with Crippen LogP contribution in [0, 0.1) is 0 Å². The van der Waals surface area contributed by atoms with Gasteiger partial charge in [0.25, 0.3) is 0 Å². The van der Waals surface area contributed by atoms with E-state index in [1.165, 1.54) is 0 Å². The Morgan fingerprint density at radius 3 is 2.70 bits per heavy atom. The molecule has 1 saturated heterocycles. The second kappa shape index (κ2) is 6.48. The molecule has 0 aliphatic carbocycles. The summed E-state index contributed by atoms with van der Waals surface area (Å²) in [6.45, 7) is 1.85. The minimum absolute atomic E-state index is 0.253. The van der Waals surface area contributed by atoms with Gasteiger partial charge in [0.2, 0.25) is 5.95 Å². The topological polar surface area (TPSA) is 61.9 Å². The van der Waals surface area contributed by atoms with Crippen LogP contribution in [0.1, 0.15) is 17.7 Å². The third-order valence-electron chi connectivity index (χ3n) is 3.72. The van der Waals surface area contributed by atoms with E-state index < -0.39 is 12.6 Å². The molecule has 3 heterocycles. The summed E-state index contributed by atoms with van der Waals surface area (Å²) in [5.74, 6) is 1.02. The molecule has 0 amide bonds. The Labute approximate surface area is 135 Å². The van der Waals surface area contributed by atoms with Crippen molar-refractivity contribution in [1.29, 1.82) is 0 Å². The summed E-state index contributed by atoms with van der Waals surface area (Å²) in [5, 5.41) is 10.2. The molecular weight excluding hydrogens is 327 g/mol. The lowest BCUT2D eigenvalue weighted by molar-refractivity contribution is -0.126. The van der Waals surface area contributed by atoms with Crippen molar-refractivity contribution >= 4 is 33.3 Å². The number of anilines is 2. The van der Waals surface area contributed by atoms with Gasteiger partial charge in [0, 0.05) is 18.0 Å². The van der Waals surface area contributed by atoms with E-state index in [0.717, 1.165) is 37.3 Å². The predicted octanol–water partition coefficient (Wildman–Crippen LogP) is 3.00. The van der Waals surface area contributed by atoms with Crippen molar-refractivity contribution in [3.05, 3.63) is 10.9 Å². The van der Waals surface area contributed by atoms with E-state index in [4.69, 9.17) is 0 Å². The Kier molecular flexibility index (Phi) is 4.58. The number of piperidine rings is 1. The fourth-order valence-electron chi connectivity index (χ4n) is 2.64. The highest BCUT2D eigenvalue weighted by Crippen LogP contribution is 2.34. The third kappa shape index (κ3) is 4.03. The molecule has 0 radical (unpaired) electrons. The third-order valence-corrected chi connectivity index (χ3v) is 4.75. The molecule has 0 unspecified atom stereocenters. The van der Waals surface area contributed by atoms with Crippen molar-refractivity contribution in [1.82, 2.24) is 15.3 Å². The van der Waals surface area contributed by atoms with Crippen LogP contribution >= 0.6 is 11.3 Å². The molecule has 0 atom stereocenters. The molecule has 0 aromatic carbocycles. The van der Waals surface area contributed by atoms with E-state index >= 15 is 0 Å². The second-order valence-electron chi connectivity index (χ2n) is 5.54. The highest BCUT2D eigenvalue weighted by atomic mass is 32.1. The van der Waals surface area contributed by atoms with E-state index in [1.807, 2.05) is 0 Å². The second-order valence-corrected chi connectivity index (χ2v) is 6.65. The van der Waals surface area contributed by atoms with Crippen molar-refractivity contribution in [3.63, 3.8) is 0 Å². The number of hydrogen-bond donors (Lipinski definition) is 3. The first-order valence-corrected chi connectivity index (χ1v) is 8.28. The summed E-state index contributed by atoms with van der Waals surface area (Å²) in [5.41, 5.74) is 0. The van der Waals surface area contributed by atoms with Gasteiger partial charge in [0.1, 0.15) is 10.6 Å². The van der Waals surface area contributed by atoms with Gasteiger partial charge in [0.05, 0.1) is 11.8 Å². The minimum atomic E-state index is -4.22. The lowest BCUT2D eigenvalue weighted by Gasteiger charge is -2.24. The van der Waals surface area contributed by atoms with Gasteiger partial charge in [-0.05, 0) is 32.0 Å². The van der Waals surface area contributed by atoms with Crippen LogP contribution < -0.4 is 16.0 Å². The monoisotopic (exact) mass is 345 g/mol. The smallest absolute Gasteiger partial charge is 0.367 e. The summed E-state index contributed by atoms with van der Waals surface area (Å²) in [6.07, 6.45) is -3.24. The first kappa shape index (κ1) is 16.3. The zero-order chi connectivity index (χ0) is 16.4. The molecule has 2 aromatic rings. The van der Waals surface area contributed by atoms with Gasteiger partial charge in [-0.2, -0.15) is 18.2 Å². The SMILES string of the molecule is CNc1nc(NC2CCNCC2)c2cc(CC(F)(F)F)sc2n1. The summed E-state index contributed by atoms with van der Waals surface area (Å²) in [4.78, 5) is 9.49. The first-order valence-electron chi connectivity index (χ1n) is 7.47. The molecule has 2 aromatic heterocycles. The van der Waals surface area contributed by atoms with Crippen LogP contribution in [-0.4, -0.2) is 42.3 Å². The molecule has 3 N–H and O–H groups in total. The molecule has 0 bridgehead atoms. The van der Waals surface area contributed by atoms with Crippen LogP contribution in [0.4, 0.5) is 24.9 Å². The van der Waals surface area contributed by atoms with Gasteiger partial charge in [-0.1, -0.05) is 0 Å². The molecular formula is C14H18F3N5S. The molecule has 3 rings (SSSR count). The normalized spacial score (nSPS) is 16.7. The van der Waals surface area contributed by atoms with Crippen LogP contribution in [0.3, 0.4) is 0 Å². The fraction of sp³-hybridized carbons (Fsp3) is 0.571. The highest BCUT2D eigenvalue weighted by Gasteiger charge is 2.29. The van der Waals surface area contributed by atoms with Crippen molar-refractivity contribution in [2.24, 2.45) is 0 Å². The van der Waals surface area contributed by atoms with Gasteiger partial charge in [-0.15, -0.1) is 11.3 Å². The molecule has 1 aliphatic heterocycles. The van der Waals surface area contributed by atoms with Crippen LogP contribution in [0.25, 0.3) is 10.2 Å². The Hall–Kier alpha value is -1.61. The minimum Gasteiger partial charge on any atom is -0.367 e. The molecule has 0 saturated carbocycles. The van der Waals surface area contributed by atoms with Gasteiger partial charge in [0.15, 0.2) is 0 Å². The Bertz CT molecular complexity index is 679. The summed E-state index contributed by atoms with van der Waals surface area (Å²) < 4.78 is 37.9. The average Bonchev–Trinajstić information content (AvgIpc) is 2.88. The molecule has 9 heteroatoms. The van der Waals surface area contributed by atoms with Crippen molar-refractivity contribution in [2.45, 2.75) is 31.5 Å². The number of nitrogens with zero attached hydrogens (tertiary/aromatic N) is 2. The lowest BCUT2D eigenvalue weighted by atomic mass is 10.1. The average molecular weight is 345 g/mol. The maximum Gasteiger partial charge on any atom is 0.393 e. The number of thiophene rings is 1. The maximum absolute atomic E-state index is 12.6. The molecule has 0 spiro atoms. The van der Waals surface area contributed by atoms with Crippen LogP contribution in [-0.2, 0) is 6.42 Å². The van der Waals surface area contributed by atoms with E-state index in [2.05, 4.69) is 25.9 Å². The van der Waals surface area contributed by atoms with Crippen molar-refractivity contribution < 1.29 is 13.2 Å². The number of halogens is 3. The Morgan fingerprint density at radius 1 is 1.30 bits per heavy atom. The first-order chi connectivity index (χ1) is 10.9. The number of aromatic nitrogens is 2. The molecule has 126 valence electrons. The van der Waals surface area contributed by atoms with Gasteiger partial charge >= 0.3 is 6.18 Å². The zero-order valence-corrected chi connectivity index (χ0v) is 13.4. The summed E-state index contributed by atoms with van der Waals surface area (Å²) in [6, 6.07) is 1.82. The van der Waals surface area contributed by atoms with Crippen LogP contribution in [0.2, 0.25) is 0 Å². The number of alkyl halides is 3. The molecule has 23 heavy (non-hydrogen) atoms. The maximum atomic E-state index is 12.6.